The van der Waals surface area contributed by atoms with E-state index >= 15 is 0 Å². The van der Waals surface area contributed by atoms with Crippen molar-refractivity contribution in [3.05, 3.63) is 59.9 Å². The first-order valence-corrected chi connectivity index (χ1v) is 7.72. The lowest BCUT2D eigenvalue weighted by molar-refractivity contribution is 0.0649. The average Bonchev–Trinajstić information content (AvgIpc) is 2.73. The Morgan fingerprint density at radius 1 is 1.30 bits per heavy atom. The smallest absolute Gasteiger partial charge is 0.255 e. The van der Waals surface area contributed by atoms with Crippen molar-refractivity contribution in [2.75, 3.05) is 27.2 Å². The van der Waals surface area contributed by atoms with Crippen LogP contribution in [0.5, 0.6) is 5.75 Å². The Kier molecular flexibility index (Phi) is 4.57. The Bertz CT molecular complexity index is 673. The molecule has 0 saturated carbocycles. The van der Waals surface area contributed by atoms with Gasteiger partial charge in [-0.1, -0.05) is 18.2 Å². The van der Waals surface area contributed by atoms with Gasteiger partial charge in [0.05, 0.1) is 12.1 Å². The third-order valence-electron chi connectivity index (χ3n) is 3.82. The molecule has 1 aromatic heterocycles. The zero-order valence-corrected chi connectivity index (χ0v) is 13.5. The van der Waals surface area contributed by atoms with Gasteiger partial charge >= 0.3 is 0 Å². The quantitative estimate of drug-likeness (QED) is 0.870. The topological polar surface area (TPSA) is 45.7 Å². The molecule has 0 saturated heterocycles. The highest BCUT2D eigenvalue weighted by Gasteiger charge is 2.27. The van der Waals surface area contributed by atoms with Crippen molar-refractivity contribution >= 4 is 5.91 Å². The van der Waals surface area contributed by atoms with Gasteiger partial charge in [-0.25, -0.2) is 0 Å². The summed E-state index contributed by atoms with van der Waals surface area (Å²) in [5.41, 5.74) is 1.64. The zero-order valence-electron chi connectivity index (χ0n) is 13.5. The first-order valence-electron chi connectivity index (χ1n) is 7.72. The van der Waals surface area contributed by atoms with Gasteiger partial charge in [0, 0.05) is 31.0 Å². The molecule has 1 atom stereocenters. The second kappa shape index (κ2) is 6.79. The molecule has 23 heavy (non-hydrogen) atoms. The molecule has 5 nitrogen and oxygen atoms in total. The molecule has 1 aliphatic rings. The Balaban J connectivity index is 1.89. The van der Waals surface area contributed by atoms with Crippen LogP contribution < -0.4 is 4.74 Å². The van der Waals surface area contributed by atoms with Crippen molar-refractivity contribution in [3.8, 4) is 5.75 Å². The summed E-state index contributed by atoms with van der Waals surface area (Å²) in [7, 11) is 4.01. The molecule has 0 fully saturated rings. The standard InChI is InChI=1S/C18H21N3O2/c1-20(2)12-16-13-21(18(22)14-7-5-9-19-10-14)11-15-6-3-4-8-17(15)23-16/h3-10,16H,11-13H2,1-2H3. The molecule has 120 valence electrons. The molecular formula is C18H21N3O2. The van der Waals surface area contributed by atoms with E-state index in [1.54, 1.807) is 24.5 Å². The second-order valence-corrected chi connectivity index (χ2v) is 6.04. The lowest BCUT2D eigenvalue weighted by atomic mass is 10.1. The molecule has 0 N–H and O–H groups in total. The lowest BCUT2D eigenvalue weighted by Crippen LogP contribution is -2.42. The number of para-hydroxylation sites is 1. The van der Waals surface area contributed by atoms with Gasteiger partial charge in [-0.3, -0.25) is 9.78 Å². The fourth-order valence-corrected chi connectivity index (χ4v) is 2.81. The van der Waals surface area contributed by atoms with Crippen molar-refractivity contribution < 1.29 is 9.53 Å². The largest absolute Gasteiger partial charge is 0.487 e. The number of likely N-dealkylation sites (N-methyl/N-ethyl adjacent to an activating group) is 1. The first kappa shape index (κ1) is 15.5. The normalized spacial score (nSPS) is 17.3. The van der Waals surface area contributed by atoms with Crippen LogP contribution in [0.25, 0.3) is 0 Å². The molecule has 0 spiro atoms. The van der Waals surface area contributed by atoms with Gasteiger partial charge in [0.2, 0.25) is 0 Å². The summed E-state index contributed by atoms with van der Waals surface area (Å²) in [5.74, 6) is 0.850. The molecule has 0 radical (unpaired) electrons. The van der Waals surface area contributed by atoms with E-state index in [9.17, 15) is 4.79 Å². The number of pyridine rings is 1. The van der Waals surface area contributed by atoms with Crippen LogP contribution in [0.2, 0.25) is 0 Å². The van der Waals surface area contributed by atoms with Gasteiger partial charge in [0.25, 0.3) is 5.91 Å². The van der Waals surface area contributed by atoms with Gasteiger partial charge in [-0.15, -0.1) is 0 Å². The number of aromatic nitrogens is 1. The van der Waals surface area contributed by atoms with Crippen LogP contribution >= 0.6 is 0 Å². The highest BCUT2D eigenvalue weighted by molar-refractivity contribution is 5.94. The third-order valence-corrected chi connectivity index (χ3v) is 3.82. The number of carbonyl (C=O) groups excluding carboxylic acids is 1. The fourth-order valence-electron chi connectivity index (χ4n) is 2.81. The number of fused-ring (bicyclic) bond motifs is 1. The minimum atomic E-state index is -0.0609. The van der Waals surface area contributed by atoms with E-state index < -0.39 is 0 Å². The van der Waals surface area contributed by atoms with E-state index in [0.29, 0.717) is 18.7 Å². The van der Waals surface area contributed by atoms with Crippen molar-refractivity contribution in [3.63, 3.8) is 0 Å². The average molecular weight is 311 g/mol. The van der Waals surface area contributed by atoms with Crippen molar-refractivity contribution in [1.29, 1.82) is 0 Å². The molecule has 1 aliphatic heterocycles. The molecule has 1 aromatic carbocycles. The van der Waals surface area contributed by atoms with Crippen LogP contribution in [0, 0.1) is 0 Å². The van der Waals surface area contributed by atoms with Gasteiger partial charge in [0.15, 0.2) is 0 Å². The highest BCUT2D eigenvalue weighted by atomic mass is 16.5. The molecule has 0 bridgehead atoms. The van der Waals surface area contributed by atoms with E-state index in [1.165, 1.54) is 0 Å². The summed E-state index contributed by atoms with van der Waals surface area (Å²) in [6, 6.07) is 11.5. The van der Waals surface area contributed by atoms with Crippen LogP contribution in [0.15, 0.2) is 48.8 Å². The van der Waals surface area contributed by atoms with Gasteiger partial charge in [-0.2, -0.15) is 0 Å². The van der Waals surface area contributed by atoms with E-state index in [1.807, 2.05) is 43.3 Å². The molecular weight excluding hydrogens is 290 g/mol. The number of hydrogen-bond acceptors (Lipinski definition) is 4. The minimum Gasteiger partial charge on any atom is -0.487 e. The number of benzene rings is 1. The summed E-state index contributed by atoms with van der Waals surface area (Å²) in [4.78, 5) is 20.8. The van der Waals surface area contributed by atoms with Crippen LogP contribution in [-0.4, -0.2) is 54.0 Å². The minimum absolute atomic E-state index is 0.0119. The Morgan fingerprint density at radius 3 is 2.87 bits per heavy atom. The number of hydrogen-bond donors (Lipinski definition) is 0. The van der Waals surface area contributed by atoms with Gasteiger partial charge in [0.1, 0.15) is 11.9 Å². The first-order chi connectivity index (χ1) is 11.1. The van der Waals surface area contributed by atoms with Crippen LogP contribution in [0.3, 0.4) is 0 Å². The van der Waals surface area contributed by atoms with Gasteiger partial charge in [-0.05, 0) is 32.3 Å². The molecule has 3 rings (SSSR count). The number of rotatable bonds is 3. The molecule has 5 heteroatoms. The molecule has 2 aromatic rings. The molecule has 2 heterocycles. The van der Waals surface area contributed by atoms with E-state index in [0.717, 1.165) is 17.9 Å². The fraction of sp³-hybridized carbons (Fsp3) is 0.333. The number of amides is 1. The molecule has 0 aliphatic carbocycles. The maximum atomic E-state index is 12.8. The summed E-state index contributed by atoms with van der Waals surface area (Å²) < 4.78 is 6.13. The molecule has 1 amide bonds. The van der Waals surface area contributed by atoms with Crippen LogP contribution in [-0.2, 0) is 6.54 Å². The van der Waals surface area contributed by atoms with Crippen molar-refractivity contribution in [2.24, 2.45) is 0 Å². The van der Waals surface area contributed by atoms with E-state index in [4.69, 9.17) is 4.74 Å². The summed E-state index contributed by atoms with van der Waals surface area (Å²) >= 11 is 0. The lowest BCUT2D eigenvalue weighted by Gasteiger charge is -2.26. The summed E-state index contributed by atoms with van der Waals surface area (Å²) in [5, 5.41) is 0. The van der Waals surface area contributed by atoms with Crippen molar-refractivity contribution in [1.82, 2.24) is 14.8 Å². The summed E-state index contributed by atoms with van der Waals surface area (Å²) in [6.07, 6.45) is 3.22. The highest BCUT2D eigenvalue weighted by Crippen LogP contribution is 2.25. The Hall–Kier alpha value is -2.40. The monoisotopic (exact) mass is 311 g/mol. The second-order valence-electron chi connectivity index (χ2n) is 6.04. The number of nitrogens with zero attached hydrogens (tertiary/aromatic N) is 3. The van der Waals surface area contributed by atoms with Crippen LogP contribution in [0.4, 0.5) is 0 Å². The third kappa shape index (κ3) is 3.68. The van der Waals surface area contributed by atoms with Crippen LogP contribution in [0.1, 0.15) is 15.9 Å². The SMILES string of the molecule is CN(C)CC1CN(C(=O)c2cccnc2)Cc2ccccc2O1. The predicted octanol–water partition coefficient (Wildman–Crippen LogP) is 2.05. The molecule has 1 unspecified atom stereocenters. The van der Waals surface area contributed by atoms with Gasteiger partial charge < -0.3 is 14.5 Å². The summed E-state index contributed by atoms with van der Waals surface area (Å²) in [6.45, 7) is 1.86. The number of ether oxygens (including phenoxy) is 1. The van der Waals surface area contributed by atoms with E-state index in [2.05, 4.69) is 9.88 Å². The predicted molar refractivity (Wildman–Crippen MR) is 88.4 cm³/mol. The maximum absolute atomic E-state index is 12.8. The van der Waals surface area contributed by atoms with E-state index in [-0.39, 0.29) is 12.0 Å². The zero-order chi connectivity index (χ0) is 16.2. The maximum Gasteiger partial charge on any atom is 0.255 e. The Labute approximate surface area is 136 Å². The number of carbonyl (C=O) groups is 1. The van der Waals surface area contributed by atoms with Crippen molar-refractivity contribution in [2.45, 2.75) is 12.6 Å². The Morgan fingerprint density at radius 2 is 2.13 bits per heavy atom.